The fourth-order valence-electron chi connectivity index (χ4n) is 2.61. The van der Waals surface area contributed by atoms with Crippen molar-refractivity contribution in [2.24, 2.45) is 0 Å². The summed E-state index contributed by atoms with van der Waals surface area (Å²) in [5.74, 6) is 0.972. The highest BCUT2D eigenvalue weighted by Crippen LogP contribution is 2.28. The van der Waals surface area contributed by atoms with E-state index in [1.54, 1.807) is 0 Å². The third-order valence-corrected chi connectivity index (χ3v) is 3.42. The van der Waals surface area contributed by atoms with Gasteiger partial charge in [-0.2, -0.15) is 0 Å². The van der Waals surface area contributed by atoms with Crippen LogP contribution >= 0.6 is 0 Å². The summed E-state index contributed by atoms with van der Waals surface area (Å²) in [5, 5.41) is 9.34. The van der Waals surface area contributed by atoms with Crippen LogP contribution in [0.25, 0.3) is 0 Å². The number of aliphatic hydroxyl groups is 1. The van der Waals surface area contributed by atoms with E-state index in [-0.39, 0.29) is 6.61 Å². The minimum Gasteiger partial charge on any atom is -0.392 e. The quantitative estimate of drug-likeness (QED) is 0.846. The summed E-state index contributed by atoms with van der Waals surface area (Å²) in [5.41, 5.74) is 0.941. The van der Waals surface area contributed by atoms with Crippen molar-refractivity contribution in [3.8, 4) is 0 Å². The van der Waals surface area contributed by atoms with E-state index in [1.807, 2.05) is 18.3 Å². The van der Waals surface area contributed by atoms with Crippen molar-refractivity contribution in [3.63, 3.8) is 0 Å². The molecule has 1 heterocycles. The number of pyridine rings is 1. The van der Waals surface area contributed by atoms with Gasteiger partial charge in [0.15, 0.2) is 0 Å². The molecule has 2 rings (SSSR count). The molecule has 1 fully saturated rings. The van der Waals surface area contributed by atoms with Gasteiger partial charge in [-0.3, -0.25) is 0 Å². The Bertz CT molecular complexity index is 334. The van der Waals surface area contributed by atoms with E-state index >= 15 is 0 Å². The van der Waals surface area contributed by atoms with Gasteiger partial charge in [0.1, 0.15) is 5.82 Å². The van der Waals surface area contributed by atoms with Crippen LogP contribution in [0.5, 0.6) is 0 Å². The van der Waals surface area contributed by atoms with Gasteiger partial charge in [0.2, 0.25) is 0 Å². The zero-order valence-corrected chi connectivity index (χ0v) is 9.89. The maximum atomic E-state index is 9.34. The molecule has 1 aliphatic carbocycles. The Labute approximate surface area is 97.1 Å². The summed E-state index contributed by atoms with van der Waals surface area (Å²) in [7, 11) is 0. The number of anilines is 1. The lowest BCUT2D eigenvalue weighted by Gasteiger charge is -2.30. The number of rotatable bonds is 4. The van der Waals surface area contributed by atoms with Gasteiger partial charge in [-0.05, 0) is 25.8 Å². The zero-order chi connectivity index (χ0) is 11.4. The lowest BCUT2D eigenvalue weighted by Crippen LogP contribution is -2.34. The van der Waals surface area contributed by atoms with Crippen LogP contribution in [0.2, 0.25) is 0 Å². The largest absolute Gasteiger partial charge is 0.392 e. The predicted molar refractivity (Wildman–Crippen MR) is 65.4 cm³/mol. The molecular formula is C13H20N2O. The number of hydrogen-bond donors (Lipinski definition) is 1. The smallest absolute Gasteiger partial charge is 0.134 e. The van der Waals surface area contributed by atoms with Crippen LogP contribution < -0.4 is 4.90 Å². The molecule has 0 aromatic carbocycles. The number of hydrogen-bond acceptors (Lipinski definition) is 3. The molecule has 0 bridgehead atoms. The summed E-state index contributed by atoms with van der Waals surface area (Å²) in [4.78, 5) is 6.78. The van der Waals surface area contributed by atoms with E-state index in [9.17, 15) is 5.11 Å². The molecule has 1 aliphatic rings. The van der Waals surface area contributed by atoms with Crippen molar-refractivity contribution >= 4 is 5.82 Å². The minimum absolute atomic E-state index is 0.0758. The third kappa shape index (κ3) is 2.19. The van der Waals surface area contributed by atoms with E-state index < -0.39 is 0 Å². The molecule has 1 aromatic rings. The summed E-state index contributed by atoms with van der Waals surface area (Å²) < 4.78 is 0. The Hall–Kier alpha value is -1.09. The highest BCUT2D eigenvalue weighted by atomic mass is 16.3. The lowest BCUT2D eigenvalue weighted by molar-refractivity contribution is 0.281. The summed E-state index contributed by atoms with van der Waals surface area (Å²) in [6, 6.07) is 4.46. The first kappa shape index (κ1) is 11.4. The molecule has 1 saturated carbocycles. The highest BCUT2D eigenvalue weighted by Gasteiger charge is 2.23. The van der Waals surface area contributed by atoms with Crippen LogP contribution in [0.15, 0.2) is 18.3 Å². The first-order chi connectivity index (χ1) is 7.86. The molecule has 0 spiro atoms. The Balaban J connectivity index is 2.24. The van der Waals surface area contributed by atoms with Crippen LogP contribution in [0, 0.1) is 0 Å². The van der Waals surface area contributed by atoms with Crippen molar-refractivity contribution in [2.75, 3.05) is 11.4 Å². The van der Waals surface area contributed by atoms with Crippen LogP contribution in [-0.2, 0) is 6.61 Å². The van der Waals surface area contributed by atoms with Crippen LogP contribution in [-0.4, -0.2) is 22.7 Å². The average molecular weight is 220 g/mol. The highest BCUT2D eigenvalue weighted by molar-refractivity contribution is 5.47. The van der Waals surface area contributed by atoms with E-state index in [0.717, 1.165) is 17.9 Å². The maximum Gasteiger partial charge on any atom is 0.134 e. The predicted octanol–water partition coefficient (Wildman–Crippen LogP) is 2.34. The van der Waals surface area contributed by atoms with Crippen LogP contribution in [0.3, 0.4) is 0 Å². The molecule has 0 atom stereocenters. The number of aliphatic hydroxyl groups excluding tert-OH is 1. The fourth-order valence-corrected chi connectivity index (χ4v) is 2.61. The van der Waals surface area contributed by atoms with Gasteiger partial charge < -0.3 is 10.0 Å². The minimum atomic E-state index is 0.0758. The SMILES string of the molecule is CCN(c1ncccc1CO)C1CCCC1. The maximum absolute atomic E-state index is 9.34. The molecule has 0 unspecified atom stereocenters. The molecule has 3 nitrogen and oxygen atoms in total. The molecule has 0 aliphatic heterocycles. The second-order valence-electron chi connectivity index (χ2n) is 4.37. The average Bonchev–Trinajstić information content (AvgIpc) is 2.84. The molecule has 0 radical (unpaired) electrons. The fraction of sp³-hybridized carbons (Fsp3) is 0.615. The van der Waals surface area contributed by atoms with Crippen LogP contribution in [0.1, 0.15) is 38.2 Å². The van der Waals surface area contributed by atoms with Crippen LogP contribution in [0.4, 0.5) is 5.82 Å². The lowest BCUT2D eigenvalue weighted by atomic mass is 10.1. The summed E-state index contributed by atoms with van der Waals surface area (Å²) in [6.45, 7) is 3.20. The van der Waals surface area contributed by atoms with E-state index in [2.05, 4.69) is 16.8 Å². The van der Waals surface area contributed by atoms with Gasteiger partial charge in [0.05, 0.1) is 6.61 Å². The van der Waals surface area contributed by atoms with Crippen molar-refractivity contribution in [1.82, 2.24) is 4.98 Å². The Morgan fingerprint density at radius 2 is 2.19 bits per heavy atom. The normalized spacial score (nSPS) is 16.6. The first-order valence-corrected chi connectivity index (χ1v) is 6.18. The third-order valence-electron chi connectivity index (χ3n) is 3.42. The molecule has 0 amide bonds. The second-order valence-corrected chi connectivity index (χ2v) is 4.37. The van der Waals surface area contributed by atoms with E-state index in [4.69, 9.17) is 0 Å². The monoisotopic (exact) mass is 220 g/mol. The topological polar surface area (TPSA) is 36.4 Å². The standard InChI is InChI=1S/C13H20N2O/c1-2-15(12-7-3-4-8-12)13-11(10-16)6-5-9-14-13/h5-6,9,12,16H,2-4,7-8,10H2,1H3. The first-order valence-electron chi connectivity index (χ1n) is 6.18. The molecular weight excluding hydrogens is 200 g/mol. The summed E-state index contributed by atoms with van der Waals surface area (Å²) >= 11 is 0. The Morgan fingerprint density at radius 1 is 1.44 bits per heavy atom. The molecule has 16 heavy (non-hydrogen) atoms. The molecule has 0 saturated heterocycles. The van der Waals surface area contributed by atoms with Crippen molar-refractivity contribution in [1.29, 1.82) is 0 Å². The van der Waals surface area contributed by atoms with E-state index in [1.165, 1.54) is 25.7 Å². The molecule has 3 heteroatoms. The Morgan fingerprint density at radius 3 is 2.81 bits per heavy atom. The zero-order valence-electron chi connectivity index (χ0n) is 9.89. The van der Waals surface area contributed by atoms with Gasteiger partial charge in [-0.25, -0.2) is 4.98 Å². The summed E-state index contributed by atoms with van der Waals surface area (Å²) in [6.07, 6.45) is 6.97. The van der Waals surface area contributed by atoms with E-state index in [0.29, 0.717) is 6.04 Å². The van der Waals surface area contributed by atoms with Crippen molar-refractivity contribution in [3.05, 3.63) is 23.9 Å². The molecule has 88 valence electrons. The molecule has 1 aromatic heterocycles. The van der Waals surface area contributed by atoms with Crippen molar-refractivity contribution in [2.45, 2.75) is 45.3 Å². The van der Waals surface area contributed by atoms with Gasteiger partial charge in [0, 0.05) is 24.3 Å². The van der Waals surface area contributed by atoms with Gasteiger partial charge in [-0.15, -0.1) is 0 Å². The number of nitrogens with zero attached hydrogens (tertiary/aromatic N) is 2. The van der Waals surface area contributed by atoms with Crippen molar-refractivity contribution < 1.29 is 5.11 Å². The molecule has 1 N–H and O–H groups in total. The van der Waals surface area contributed by atoms with Gasteiger partial charge >= 0.3 is 0 Å². The van der Waals surface area contributed by atoms with Gasteiger partial charge in [0.25, 0.3) is 0 Å². The Kier molecular flexibility index (Phi) is 3.78. The number of aromatic nitrogens is 1. The second kappa shape index (κ2) is 5.30. The van der Waals surface area contributed by atoms with Gasteiger partial charge in [-0.1, -0.05) is 18.9 Å².